The van der Waals surface area contributed by atoms with Crippen LogP contribution in [0, 0.1) is 0 Å². The monoisotopic (exact) mass is 367 g/mol. The molecule has 0 radical (unpaired) electrons. The van der Waals surface area contributed by atoms with Gasteiger partial charge in [-0.2, -0.15) is 13.2 Å². The third-order valence-electron chi connectivity index (χ3n) is 3.77. The molecule has 0 aromatic carbocycles. The zero-order valence-corrected chi connectivity index (χ0v) is 13.7. The van der Waals surface area contributed by atoms with Crippen molar-refractivity contribution in [2.45, 2.75) is 6.18 Å². The van der Waals surface area contributed by atoms with Gasteiger partial charge < -0.3 is 14.5 Å². The van der Waals surface area contributed by atoms with E-state index in [2.05, 4.69) is 19.7 Å². The summed E-state index contributed by atoms with van der Waals surface area (Å²) in [7, 11) is 0. The van der Waals surface area contributed by atoms with Crippen molar-refractivity contribution in [3.63, 3.8) is 0 Å². The molecule has 0 bridgehead atoms. The Hall–Kier alpha value is -2.91. The van der Waals surface area contributed by atoms with Gasteiger partial charge in [0.2, 0.25) is 11.8 Å². The summed E-state index contributed by atoms with van der Waals surface area (Å²) in [6.07, 6.45) is 0.112. The molecule has 1 fully saturated rings. The van der Waals surface area contributed by atoms with Gasteiger partial charge >= 0.3 is 6.18 Å². The van der Waals surface area contributed by atoms with Gasteiger partial charge in [0, 0.05) is 50.8 Å². The molecule has 1 saturated heterocycles. The van der Waals surface area contributed by atoms with Crippen LogP contribution in [0.25, 0.3) is 0 Å². The summed E-state index contributed by atoms with van der Waals surface area (Å²) >= 11 is 0. The molecule has 10 heteroatoms. The zero-order valence-electron chi connectivity index (χ0n) is 13.7. The topological polar surface area (TPSA) is 71.5 Å². The largest absolute Gasteiger partial charge is 0.468 e. The maximum Gasteiger partial charge on any atom is 0.422 e. The van der Waals surface area contributed by atoms with Gasteiger partial charge in [-0.1, -0.05) is 0 Å². The van der Waals surface area contributed by atoms with Gasteiger partial charge in [0.05, 0.1) is 5.56 Å². The first-order chi connectivity index (χ1) is 12.4. The van der Waals surface area contributed by atoms with E-state index >= 15 is 0 Å². The second kappa shape index (κ2) is 7.54. The smallest absolute Gasteiger partial charge is 0.422 e. The fraction of sp³-hybridized carbons (Fsp3) is 0.375. The Kier molecular flexibility index (Phi) is 5.19. The normalized spacial score (nSPS) is 15.0. The molecule has 0 saturated carbocycles. The molecule has 1 amide bonds. The number of anilines is 1. The molecule has 0 unspecified atom stereocenters. The Morgan fingerprint density at radius 2 is 1.77 bits per heavy atom. The van der Waals surface area contributed by atoms with Crippen LogP contribution in [0.2, 0.25) is 0 Å². The molecule has 3 rings (SSSR count). The molecule has 0 aliphatic carbocycles. The number of nitrogens with zero attached hydrogens (tertiary/aromatic N) is 5. The lowest BCUT2D eigenvalue weighted by Crippen LogP contribution is -2.49. The zero-order chi connectivity index (χ0) is 18.6. The third kappa shape index (κ3) is 4.58. The number of pyridine rings is 1. The number of piperazine rings is 1. The van der Waals surface area contributed by atoms with Crippen LogP contribution in [0.4, 0.5) is 19.1 Å². The molecule has 1 aliphatic rings. The molecular formula is C16H16F3N5O2. The molecule has 0 spiro atoms. The van der Waals surface area contributed by atoms with Gasteiger partial charge in [0.15, 0.2) is 6.61 Å². The number of ether oxygens (including phenoxy) is 1. The van der Waals surface area contributed by atoms with Crippen LogP contribution < -0.4 is 9.64 Å². The van der Waals surface area contributed by atoms with Gasteiger partial charge in [-0.05, 0) is 12.1 Å². The molecular weight excluding hydrogens is 351 g/mol. The maximum absolute atomic E-state index is 12.5. The van der Waals surface area contributed by atoms with Gasteiger partial charge in [-0.3, -0.25) is 4.79 Å². The molecule has 1 aliphatic heterocycles. The Morgan fingerprint density at radius 1 is 1.08 bits per heavy atom. The standard InChI is InChI=1S/C16H16F3N5O2/c17-16(18,19)11-26-13-3-2-12(10-22-13)14(25)23-6-8-24(9-7-23)15-20-4-1-5-21-15/h1-5,10H,6-9,11H2. The minimum Gasteiger partial charge on any atom is -0.468 e. The summed E-state index contributed by atoms with van der Waals surface area (Å²) < 4.78 is 40.9. The van der Waals surface area contributed by atoms with E-state index in [1.165, 1.54) is 18.3 Å². The van der Waals surface area contributed by atoms with Crippen LogP contribution >= 0.6 is 0 Å². The van der Waals surface area contributed by atoms with E-state index in [1.54, 1.807) is 23.4 Å². The van der Waals surface area contributed by atoms with Crippen molar-refractivity contribution in [3.8, 4) is 5.88 Å². The lowest BCUT2D eigenvalue weighted by atomic mass is 10.2. The van der Waals surface area contributed by atoms with Crippen molar-refractivity contribution in [1.29, 1.82) is 0 Å². The number of rotatable bonds is 4. The summed E-state index contributed by atoms with van der Waals surface area (Å²) in [5.41, 5.74) is 0.300. The van der Waals surface area contributed by atoms with Crippen molar-refractivity contribution in [1.82, 2.24) is 19.9 Å². The molecule has 26 heavy (non-hydrogen) atoms. The van der Waals surface area contributed by atoms with Crippen LogP contribution in [-0.4, -0.2) is 64.7 Å². The summed E-state index contributed by atoms with van der Waals surface area (Å²) in [4.78, 5) is 28.3. The van der Waals surface area contributed by atoms with E-state index in [1.807, 2.05) is 4.90 Å². The van der Waals surface area contributed by atoms with Gasteiger partial charge in [0.25, 0.3) is 5.91 Å². The number of carbonyl (C=O) groups is 1. The average Bonchev–Trinajstić information content (AvgIpc) is 2.66. The third-order valence-corrected chi connectivity index (χ3v) is 3.77. The second-order valence-corrected chi connectivity index (χ2v) is 5.62. The van der Waals surface area contributed by atoms with Crippen LogP contribution in [-0.2, 0) is 0 Å². The van der Waals surface area contributed by atoms with Crippen molar-refractivity contribution in [3.05, 3.63) is 42.4 Å². The van der Waals surface area contributed by atoms with E-state index in [0.717, 1.165) is 0 Å². The van der Waals surface area contributed by atoms with Crippen molar-refractivity contribution < 1.29 is 22.7 Å². The minimum absolute atomic E-state index is 0.176. The molecule has 2 aromatic heterocycles. The number of aromatic nitrogens is 3. The SMILES string of the molecule is O=C(c1ccc(OCC(F)(F)F)nc1)N1CCN(c2ncccn2)CC1. The molecule has 2 aromatic rings. The van der Waals surface area contributed by atoms with E-state index in [-0.39, 0.29) is 11.8 Å². The lowest BCUT2D eigenvalue weighted by Gasteiger charge is -2.34. The number of hydrogen-bond donors (Lipinski definition) is 0. The van der Waals surface area contributed by atoms with Crippen molar-refractivity contribution in [2.24, 2.45) is 0 Å². The molecule has 3 heterocycles. The first-order valence-corrected chi connectivity index (χ1v) is 7.89. The maximum atomic E-state index is 12.5. The van der Waals surface area contributed by atoms with Crippen LogP contribution in [0.1, 0.15) is 10.4 Å². The Morgan fingerprint density at radius 3 is 2.35 bits per heavy atom. The predicted molar refractivity (Wildman–Crippen MR) is 85.9 cm³/mol. The fourth-order valence-electron chi connectivity index (χ4n) is 2.49. The number of alkyl halides is 3. The second-order valence-electron chi connectivity index (χ2n) is 5.62. The highest BCUT2D eigenvalue weighted by Crippen LogP contribution is 2.18. The molecule has 138 valence electrons. The van der Waals surface area contributed by atoms with E-state index in [9.17, 15) is 18.0 Å². The Bertz CT molecular complexity index is 732. The molecule has 0 atom stereocenters. The first kappa shape index (κ1) is 17.9. The van der Waals surface area contributed by atoms with Crippen molar-refractivity contribution >= 4 is 11.9 Å². The van der Waals surface area contributed by atoms with E-state index < -0.39 is 12.8 Å². The number of halogens is 3. The number of carbonyl (C=O) groups excluding carboxylic acids is 1. The summed E-state index contributed by atoms with van der Waals surface area (Å²) in [5.74, 6) is 0.214. The lowest BCUT2D eigenvalue weighted by molar-refractivity contribution is -0.154. The van der Waals surface area contributed by atoms with E-state index in [0.29, 0.717) is 37.7 Å². The predicted octanol–water partition coefficient (Wildman–Crippen LogP) is 1.78. The minimum atomic E-state index is -4.43. The van der Waals surface area contributed by atoms with Crippen molar-refractivity contribution in [2.75, 3.05) is 37.7 Å². The quantitative estimate of drug-likeness (QED) is 0.820. The first-order valence-electron chi connectivity index (χ1n) is 7.89. The fourth-order valence-corrected chi connectivity index (χ4v) is 2.49. The Labute approximate surface area is 147 Å². The highest BCUT2D eigenvalue weighted by molar-refractivity contribution is 5.94. The van der Waals surface area contributed by atoms with Crippen LogP contribution in [0.5, 0.6) is 5.88 Å². The van der Waals surface area contributed by atoms with Gasteiger partial charge in [-0.25, -0.2) is 15.0 Å². The van der Waals surface area contributed by atoms with Crippen LogP contribution in [0.3, 0.4) is 0 Å². The number of hydrogen-bond acceptors (Lipinski definition) is 6. The summed E-state index contributed by atoms with van der Waals surface area (Å²) in [6, 6.07) is 4.40. The van der Waals surface area contributed by atoms with Gasteiger partial charge in [-0.15, -0.1) is 0 Å². The highest BCUT2D eigenvalue weighted by atomic mass is 19.4. The highest BCUT2D eigenvalue weighted by Gasteiger charge is 2.29. The summed E-state index contributed by atoms with van der Waals surface area (Å²) in [5, 5.41) is 0. The molecule has 0 N–H and O–H groups in total. The molecule has 7 nitrogen and oxygen atoms in total. The van der Waals surface area contributed by atoms with E-state index in [4.69, 9.17) is 0 Å². The number of amides is 1. The summed E-state index contributed by atoms with van der Waals surface area (Å²) in [6.45, 7) is 0.746. The van der Waals surface area contributed by atoms with Crippen LogP contribution in [0.15, 0.2) is 36.8 Å². The van der Waals surface area contributed by atoms with Gasteiger partial charge in [0.1, 0.15) is 0 Å². The average molecular weight is 367 g/mol. The Balaban J connectivity index is 1.55.